The zero-order chi connectivity index (χ0) is 22.2. The minimum atomic E-state index is -0.600. The number of fused-ring (bicyclic) bond motifs is 1. The number of aromatic nitrogens is 1. The normalized spacial score (nSPS) is 21.5. The molecule has 31 heavy (non-hydrogen) atoms. The van der Waals surface area contributed by atoms with Gasteiger partial charge in [0.25, 0.3) is 5.56 Å². The standard InChI is InChI=1S/C23H29N3O4S/c1-4-30-21(28)18-19(16-8-5-6-9-17(16)24(3)20(18)27)25-11-13-26(14-12-25)22(29)23(2)10-7-15-31-23/h5-6,8-9H,4,7,10-15H2,1-3H3. The third-order valence-corrected chi connectivity index (χ3v) is 7.82. The Labute approximate surface area is 186 Å². The first-order valence-corrected chi connectivity index (χ1v) is 11.8. The van der Waals surface area contributed by atoms with Gasteiger partial charge in [0.2, 0.25) is 5.91 Å². The van der Waals surface area contributed by atoms with E-state index in [4.69, 9.17) is 4.74 Å². The van der Waals surface area contributed by atoms with Crippen molar-refractivity contribution in [3.8, 4) is 0 Å². The fourth-order valence-electron chi connectivity index (χ4n) is 4.61. The lowest BCUT2D eigenvalue weighted by atomic mass is 10.0. The summed E-state index contributed by atoms with van der Waals surface area (Å²) in [5, 5.41) is 0.839. The molecule has 1 aromatic heterocycles. The monoisotopic (exact) mass is 443 g/mol. The van der Waals surface area contributed by atoms with Gasteiger partial charge in [-0.05, 0) is 38.5 Å². The summed E-state index contributed by atoms with van der Waals surface area (Å²) >= 11 is 1.75. The Morgan fingerprint density at radius 1 is 1.16 bits per heavy atom. The van der Waals surface area contributed by atoms with E-state index in [1.807, 2.05) is 36.1 Å². The molecule has 2 saturated heterocycles. The predicted molar refractivity (Wildman–Crippen MR) is 124 cm³/mol. The van der Waals surface area contributed by atoms with Crippen LogP contribution in [-0.2, 0) is 16.6 Å². The number of hydrogen-bond donors (Lipinski definition) is 0. The summed E-state index contributed by atoms with van der Waals surface area (Å²) in [6, 6.07) is 7.60. The lowest BCUT2D eigenvalue weighted by Gasteiger charge is -2.40. The van der Waals surface area contributed by atoms with Crippen LogP contribution in [0.25, 0.3) is 10.9 Å². The second kappa shape index (κ2) is 8.57. The summed E-state index contributed by atoms with van der Waals surface area (Å²) in [5.41, 5.74) is 1.09. The number of carbonyl (C=O) groups is 2. The van der Waals surface area contributed by atoms with E-state index in [2.05, 4.69) is 4.90 Å². The molecule has 2 aliphatic rings. The molecule has 0 N–H and O–H groups in total. The SMILES string of the molecule is CCOC(=O)c1c(N2CCN(C(=O)C3(C)CCCS3)CC2)c2ccccc2n(C)c1=O. The number of benzene rings is 1. The van der Waals surface area contributed by atoms with Gasteiger partial charge in [0.1, 0.15) is 5.56 Å². The minimum absolute atomic E-state index is 0.0705. The van der Waals surface area contributed by atoms with Gasteiger partial charge in [0.15, 0.2) is 0 Å². The number of anilines is 1. The van der Waals surface area contributed by atoms with Crippen LogP contribution in [0.3, 0.4) is 0 Å². The first-order valence-electron chi connectivity index (χ1n) is 10.8. The predicted octanol–water partition coefficient (Wildman–Crippen LogP) is 2.65. The number of aryl methyl sites for hydroxylation is 1. The largest absolute Gasteiger partial charge is 0.462 e. The summed E-state index contributed by atoms with van der Waals surface area (Å²) in [5.74, 6) is 0.635. The van der Waals surface area contributed by atoms with Gasteiger partial charge in [0.05, 0.1) is 22.6 Å². The van der Waals surface area contributed by atoms with Crippen LogP contribution in [0.15, 0.2) is 29.1 Å². The Balaban J connectivity index is 1.69. The van der Waals surface area contributed by atoms with Crippen LogP contribution in [0, 0.1) is 0 Å². The maximum atomic E-state index is 13.1. The third-order valence-electron chi connectivity index (χ3n) is 6.31. The number of para-hydroxylation sites is 1. The number of hydrogen-bond acceptors (Lipinski definition) is 6. The quantitative estimate of drug-likeness (QED) is 0.677. The molecule has 1 aromatic carbocycles. The van der Waals surface area contributed by atoms with Crippen molar-refractivity contribution >= 4 is 40.2 Å². The molecular formula is C23H29N3O4S. The molecule has 0 bridgehead atoms. The van der Waals surface area contributed by atoms with Crippen LogP contribution >= 0.6 is 11.8 Å². The van der Waals surface area contributed by atoms with Crippen molar-refractivity contribution in [1.29, 1.82) is 0 Å². The maximum absolute atomic E-state index is 13.1. The molecule has 0 radical (unpaired) electrons. The topological polar surface area (TPSA) is 71.8 Å². The van der Waals surface area contributed by atoms with Crippen molar-refractivity contribution in [3.63, 3.8) is 0 Å². The highest BCUT2D eigenvalue weighted by atomic mass is 32.2. The second-order valence-electron chi connectivity index (χ2n) is 8.29. The van der Waals surface area contributed by atoms with Gasteiger partial charge < -0.3 is 19.1 Å². The van der Waals surface area contributed by atoms with Gasteiger partial charge >= 0.3 is 5.97 Å². The van der Waals surface area contributed by atoms with E-state index in [-0.39, 0.29) is 28.4 Å². The van der Waals surface area contributed by atoms with Gasteiger partial charge in [-0.25, -0.2) is 4.79 Å². The van der Waals surface area contributed by atoms with Crippen molar-refractivity contribution in [1.82, 2.24) is 9.47 Å². The van der Waals surface area contributed by atoms with Gasteiger partial charge in [-0.15, -0.1) is 11.8 Å². The number of piperazine rings is 1. The van der Waals surface area contributed by atoms with Crippen LogP contribution in [0.4, 0.5) is 5.69 Å². The number of thioether (sulfide) groups is 1. The molecule has 0 saturated carbocycles. The number of esters is 1. The Hall–Kier alpha value is -2.48. The van der Waals surface area contributed by atoms with Crippen molar-refractivity contribution in [2.45, 2.75) is 31.4 Å². The van der Waals surface area contributed by atoms with E-state index in [1.165, 1.54) is 4.57 Å². The van der Waals surface area contributed by atoms with Crippen LogP contribution < -0.4 is 10.5 Å². The highest BCUT2D eigenvalue weighted by Gasteiger charge is 2.41. The molecule has 166 valence electrons. The molecule has 1 atom stereocenters. The molecule has 7 nitrogen and oxygen atoms in total. The van der Waals surface area contributed by atoms with Crippen LogP contribution in [0.5, 0.6) is 0 Å². The third kappa shape index (κ3) is 3.82. The number of amides is 1. The summed E-state index contributed by atoms with van der Waals surface area (Å²) in [4.78, 5) is 43.0. The van der Waals surface area contributed by atoms with Gasteiger partial charge in [0, 0.05) is 38.6 Å². The van der Waals surface area contributed by atoms with E-state index in [0.29, 0.717) is 31.9 Å². The molecular weight excluding hydrogens is 414 g/mol. The molecule has 1 unspecified atom stereocenters. The van der Waals surface area contributed by atoms with E-state index in [1.54, 1.807) is 25.7 Å². The number of pyridine rings is 1. The summed E-state index contributed by atoms with van der Waals surface area (Å²) in [7, 11) is 1.67. The number of ether oxygens (including phenoxy) is 1. The van der Waals surface area contributed by atoms with Crippen LogP contribution in [0.1, 0.15) is 37.0 Å². The molecule has 0 aliphatic carbocycles. The van der Waals surface area contributed by atoms with E-state index < -0.39 is 5.97 Å². The number of carbonyl (C=O) groups excluding carboxylic acids is 2. The Kier molecular flexibility index (Phi) is 6.01. The first-order chi connectivity index (χ1) is 14.9. The highest BCUT2D eigenvalue weighted by Crippen LogP contribution is 2.39. The average molecular weight is 444 g/mol. The van der Waals surface area contributed by atoms with E-state index in [9.17, 15) is 14.4 Å². The molecule has 3 heterocycles. The number of nitrogens with zero attached hydrogens (tertiary/aromatic N) is 3. The van der Waals surface area contributed by atoms with Crippen molar-refractivity contribution < 1.29 is 14.3 Å². The summed E-state index contributed by atoms with van der Waals surface area (Å²) in [6.07, 6.45) is 2.00. The van der Waals surface area contributed by atoms with Gasteiger partial charge in [-0.3, -0.25) is 9.59 Å². The number of rotatable bonds is 4. The van der Waals surface area contributed by atoms with Gasteiger partial charge in [-0.2, -0.15) is 0 Å². The zero-order valence-electron chi connectivity index (χ0n) is 18.3. The van der Waals surface area contributed by atoms with Crippen molar-refractivity contribution in [3.05, 3.63) is 40.2 Å². The maximum Gasteiger partial charge on any atom is 0.345 e. The minimum Gasteiger partial charge on any atom is -0.462 e. The van der Waals surface area contributed by atoms with Gasteiger partial charge in [-0.1, -0.05) is 18.2 Å². The smallest absolute Gasteiger partial charge is 0.345 e. The molecule has 4 rings (SSSR count). The zero-order valence-corrected chi connectivity index (χ0v) is 19.2. The lowest BCUT2D eigenvalue weighted by molar-refractivity contribution is -0.133. The van der Waals surface area contributed by atoms with Crippen LogP contribution in [0.2, 0.25) is 0 Å². The Morgan fingerprint density at radius 3 is 2.52 bits per heavy atom. The molecule has 0 spiro atoms. The molecule has 2 fully saturated rings. The first kappa shape index (κ1) is 21.7. The Bertz CT molecular complexity index is 1070. The van der Waals surface area contributed by atoms with E-state index in [0.717, 1.165) is 29.5 Å². The van der Waals surface area contributed by atoms with Crippen LogP contribution in [-0.4, -0.2) is 64.6 Å². The second-order valence-corrected chi connectivity index (χ2v) is 9.89. The highest BCUT2D eigenvalue weighted by molar-refractivity contribution is 8.01. The Morgan fingerprint density at radius 2 is 1.87 bits per heavy atom. The fraction of sp³-hybridized carbons (Fsp3) is 0.522. The lowest BCUT2D eigenvalue weighted by Crippen LogP contribution is -2.54. The summed E-state index contributed by atoms with van der Waals surface area (Å²) in [6.45, 7) is 6.25. The fourth-order valence-corrected chi connectivity index (χ4v) is 5.89. The van der Waals surface area contributed by atoms with E-state index >= 15 is 0 Å². The molecule has 8 heteroatoms. The molecule has 2 aliphatic heterocycles. The summed E-state index contributed by atoms with van der Waals surface area (Å²) < 4.78 is 6.42. The molecule has 2 aromatic rings. The van der Waals surface area contributed by atoms with Crippen molar-refractivity contribution in [2.24, 2.45) is 7.05 Å². The molecule has 1 amide bonds. The van der Waals surface area contributed by atoms with Crippen molar-refractivity contribution in [2.75, 3.05) is 43.4 Å². The average Bonchev–Trinajstić information content (AvgIpc) is 3.23.